The maximum absolute atomic E-state index is 13.8. The molecule has 3 aromatic rings. The molecule has 0 bridgehead atoms. The minimum atomic E-state index is -0.214. The van der Waals surface area contributed by atoms with Gasteiger partial charge in [0.15, 0.2) is 0 Å². The predicted molar refractivity (Wildman–Crippen MR) is 83.2 cm³/mol. The third-order valence-electron chi connectivity index (χ3n) is 3.17. The number of hydrogen-bond donors (Lipinski definition) is 1. The smallest absolute Gasteiger partial charge is 0.129 e. The van der Waals surface area contributed by atoms with E-state index in [0.717, 1.165) is 20.9 Å². The SMILES string of the molecule is Fc1cc(Br)ccc1CNc1cccc2cnccc12. The molecule has 100 valence electrons. The zero-order valence-electron chi connectivity index (χ0n) is 10.6. The Morgan fingerprint density at radius 1 is 1.15 bits per heavy atom. The maximum atomic E-state index is 13.8. The van der Waals surface area contributed by atoms with Crippen molar-refractivity contribution in [3.8, 4) is 0 Å². The Morgan fingerprint density at radius 3 is 2.90 bits per heavy atom. The predicted octanol–water partition coefficient (Wildman–Crippen LogP) is 4.75. The second-order valence-corrected chi connectivity index (χ2v) is 5.41. The molecule has 1 heterocycles. The van der Waals surface area contributed by atoms with E-state index in [2.05, 4.69) is 26.2 Å². The van der Waals surface area contributed by atoms with Crippen molar-refractivity contribution in [3.63, 3.8) is 0 Å². The van der Waals surface area contributed by atoms with E-state index in [0.29, 0.717) is 12.1 Å². The number of halogens is 2. The Bertz CT molecular complexity index is 753. The minimum Gasteiger partial charge on any atom is -0.380 e. The highest BCUT2D eigenvalue weighted by molar-refractivity contribution is 9.10. The number of benzene rings is 2. The van der Waals surface area contributed by atoms with Crippen LogP contribution in [0.25, 0.3) is 10.8 Å². The Hall–Kier alpha value is -1.94. The summed E-state index contributed by atoms with van der Waals surface area (Å²) in [5, 5.41) is 5.43. The molecular weight excluding hydrogens is 319 g/mol. The van der Waals surface area contributed by atoms with Crippen molar-refractivity contribution in [2.75, 3.05) is 5.32 Å². The third-order valence-corrected chi connectivity index (χ3v) is 3.66. The van der Waals surface area contributed by atoms with E-state index < -0.39 is 0 Å². The molecule has 2 aromatic carbocycles. The van der Waals surface area contributed by atoms with Gasteiger partial charge in [0.25, 0.3) is 0 Å². The number of rotatable bonds is 3. The van der Waals surface area contributed by atoms with Gasteiger partial charge in [-0.05, 0) is 24.3 Å². The molecule has 1 N–H and O–H groups in total. The number of pyridine rings is 1. The molecule has 0 aliphatic carbocycles. The zero-order valence-corrected chi connectivity index (χ0v) is 12.2. The monoisotopic (exact) mass is 330 g/mol. The second-order valence-electron chi connectivity index (χ2n) is 4.49. The molecule has 0 amide bonds. The molecule has 0 radical (unpaired) electrons. The molecule has 0 saturated heterocycles. The topological polar surface area (TPSA) is 24.9 Å². The van der Waals surface area contributed by atoms with Gasteiger partial charge in [-0.15, -0.1) is 0 Å². The number of nitrogens with one attached hydrogen (secondary N) is 1. The average molecular weight is 331 g/mol. The van der Waals surface area contributed by atoms with Crippen LogP contribution in [0.5, 0.6) is 0 Å². The van der Waals surface area contributed by atoms with Crippen molar-refractivity contribution in [3.05, 3.63) is 70.7 Å². The van der Waals surface area contributed by atoms with Crippen molar-refractivity contribution < 1.29 is 4.39 Å². The van der Waals surface area contributed by atoms with Crippen LogP contribution in [0, 0.1) is 5.82 Å². The number of anilines is 1. The molecule has 0 unspecified atom stereocenters. The first kappa shape index (κ1) is 13.1. The highest BCUT2D eigenvalue weighted by Crippen LogP contribution is 2.23. The zero-order chi connectivity index (χ0) is 13.9. The van der Waals surface area contributed by atoms with Crippen molar-refractivity contribution in [1.82, 2.24) is 4.98 Å². The van der Waals surface area contributed by atoms with E-state index in [9.17, 15) is 4.39 Å². The van der Waals surface area contributed by atoms with Gasteiger partial charge in [0.05, 0.1) is 0 Å². The molecule has 1 aromatic heterocycles. The number of aromatic nitrogens is 1. The van der Waals surface area contributed by atoms with Crippen molar-refractivity contribution in [2.24, 2.45) is 0 Å². The Morgan fingerprint density at radius 2 is 2.05 bits per heavy atom. The van der Waals surface area contributed by atoms with Crippen molar-refractivity contribution >= 4 is 32.4 Å². The molecule has 2 nitrogen and oxygen atoms in total. The van der Waals surface area contributed by atoms with Gasteiger partial charge in [0, 0.05) is 45.4 Å². The molecule has 20 heavy (non-hydrogen) atoms. The summed E-state index contributed by atoms with van der Waals surface area (Å²) >= 11 is 3.26. The van der Waals surface area contributed by atoms with Gasteiger partial charge in [-0.25, -0.2) is 4.39 Å². The first-order valence-corrected chi connectivity index (χ1v) is 7.04. The van der Waals surface area contributed by atoms with E-state index in [1.54, 1.807) is 12.3 Å². The number of hydrogen-bond acceptors (Lipinski definition) is 2. The van der Waals surface area contributed by atoms with Gasteiger partial charge >= 0.3 is 0 Å². The Balaban J connectivity index is 1.87. The molecule has 0 spiro atoms. The standard InChI is InChI=1S/C16H12BrFN2/c17-13-5-4-12(15(18)8-13)10-20-16-3-1-2-11-9-19-7-6-14(11)16/h1-9,20H,10H2. The van der Waals surface area contributed by atoms with Crippen LogP contribution in [0.2, 0.25) is 0 Å². The fourth-order valence-corrected chi connectivity index (χ4v) is 2.47. The summed E-state index contributed by atoms with van der Waals surface area (Å²) in [6.45, 7) is 0.445. The van der Waals surface area contributed by atoms with Gasteiger partial charge in [0.2, 0.25) is 0 Å². The lowest BCUT2D eigenvalue weighted by atomic mass is 10.1. The maximum Gasteiger partial charge on any atom is 0.129 e. The van der Waals surface area contributed by atoms with Crippen LogP contribution in [0.1, 0.15) is 5.56 Å². The van der Waals surface area contributed by atoms with Gasteiger partial charge in [0.1, 0.15) is 5.82 Å². The largest absolute Gasteiger partial charge is 0.380 e. The van der Waals surface area contributed by atoms with E-state index in [1.807, 2.05) is 36.5 Å². The lowest BCUT2D eigenvalue weighted by Gasteiger charge is -2.10. The highest BCUT2D eigenvalue weighted by Gasteiger charge is 2.04. The molecule has 3 rings (SSSR count). The summed E-state index contributed by atoms with van der Waals surface area (Å²) in [4.78, 5) is 4.10. The van der Waals surface area contributed by atoms with Crippen LogP contribution in [-0.2, 0) is 6.54 Å². The summed E-state index contributed by atoms with van der Waals surface area (Å²) in [5.74, 6) is -0.214. The van der Waals surface area contributed by atoms with Crippen LogP contribution in [0.4, 0.5) is 10.1 Å². The van der Waals surface area contributed by atoms with Crippen LogP contribution in [-0.4, -0.2) is 4.98 Å². The number of nitrogens with zero attached hydrogens (tertiary/aromatic N) is 1. The van der Waals surface area contributed by atoms with Crippen LogP contribution >= 0.6 is 15.9 Å². The summed E-state index contributed by atoms with van der Waals surface area (Å²) < 4.78 is 14.5. The number of fused-ring (bicyclic) bond motifs is 1. The first-order valence-electron chi connectivity index (χ1n) is 6.24. The van der Waals surface area contributed by atoms with Gasteiger partial charge in [-0.3, -0.25) is 4.98 Å². The van der Waals surface area contributed by atoms with Crippen molar-refractivity contribution in [2.45, 2.75) is 6.54 Å². The Labute approximate surface area is 124 Å². The lowest BCUT2D eigenvalue weighted by molar-refractivity contribution is 0.612. The summed E-state index contributed by atoms with van der Waals surface area (Å²) in [6.07, 6.45) is 3.58. The quantitative estimate of drug-likeness (QED) is 0.749. The molecule has 0 saturated carbocycles. The van der Waals surface area contributed by atoms with Gasteiger partial charge in [-0.2, -0.15) is 0 Å². The molecular formula is C16H12BrFN2. The second kappa shape index (κ2) is 5.59. The summed E-state index contributed by atoms with van der Waals surface area (Å²) in [6, 6.07) is 13.0. The van der Waals surface area contributed by atoms with E-state index in [1.165, 1.54) is 6.07 Å². The Kier molecular flexibility index (Phi) is 3.65. The normalized spacial score (nSPS) is 10.7. The van der Waals surface area contributed by atoms with E-state index in [-0.39, 0.29) is 5.82 Å². The average Bonchev–Trinajstić information content (AvgIpc) is 2.46. The molecule has 0 aliphatic heterocycles. The summed E-state index contributed by atoms with van der Waals surface area (Å²) in [7, 11) is 0. The van der Waals surface area contributed by atoms with Crippen molar-refractivity contribution in [1.29, 1.82) is 0 Å². The fraction of sp³-hybridized carbons (Fsp3) is 0.0625. The van der Waals surface area contributed by atoms with Crippen LogP contribution < -0.4 is 5.32 Å². The molecule has 0 aliphatic rings. The minimum absolute atomic E-state index is 0.214. The van der Waals surface area contributed by atoms with Gasteiger partial charge in [-0.1, -0.05) is 34.1 Å². The third kappa shape index (κ3) is 2.65. The summed E-state index contributed by atoms with van der Waals surface area (Å²) in [5.41, 5.74) is 1.62. The van der Waals surface area contributed by atoms with Crippen LogP contribution in [0.3, 0.4) is 0 Å². The van der Waals surface area contributed by atoms with E-state index in [4.69, 9.17) is 0 Å². The van der Waals surface area contributed by atoms with E-state index >= 15 is 0 Å². The highest BCUT2D eigenvalue weighted by atomic mass is 79.9. The fourth-order valence-electron chi connectivity index (χ4n) is 2.13. The molecule has 4 heteroatoms. The van der Waals surface area contributed by atoms with Gasteiger partial charge < -0.3 is 5.32 Å². The van der Waals surface area contributed by atoms with Crippen LogP contribution in [0.15, 0.2) is 59.3 Å². The lowest BCUT2D eigenvalue weighted by Crippen LogP contribution is -2.02. The molecule has 0 fully saturated rings. The first-order chi connectivity index (χ1) is 9.74. The molecule has 0 atom stereocenters.